The Morgan fingerprint density at radius 1 is 0.733 bits per heavy atom. The fraction of sp³-hybridized carbons (Fsp3) is 1.00. The molecule has 0 radical (unpaired) electrons. The number of rotatable bonds is 5. The van der Waals surface area contributed by atoms with Crippen LogP contribution in [0.2, 0.25) is 0 Å². The summed E-state index contributed by atoms with van der Waals surface area (Å²) >= 11 is 0. The molecular formula is C15H34. The van der Waals surface area contributed by atoms with Gasteiger partial charge in [0, 0.05) is 0 Å². The van der Waals surface area contributed by atoms with E-state index < -0.39 is 0 Å². The Hall–Kier alpha value is 0. The largest absolute Gasteiger partial charge is 0.0656 e. The first-order valence-corrected chi connectivity index (χ1v) is 6.74. The number of hydrogen-bond donors (Lipinski definition) is 0. The van der Waals surface area contributed by atoms with Gasteiger partial charge >= 0.3 is 0 Å². The van der Waals surface area contributed by atoms with Crippen LogP contribution in [-0.2, 0) is 0 Å². The van der Waals surface area contributed by atoms with Gasteiger partial charge in [0.05, 0.1) is 0 Å². The highest BCUT2D eigenvalue weighted by molar-refractivity contribution is 4.77. The Bertz CT molecular complexity index is 131. The first-order chi connectivity index (χ1) is 6.74. The van der Waals surface area contributed by atoms with E-state index in [-0.39, 0.29) is 0 Å². The summed E-state index contributed by atoms with van der Waals surface area (Å²) in [5, 5.41) is 0. The quantitative estimate of drug-likeness (QED) is 0.522. The second-order valence-electron chi connectivity index (χ2n) is 6.32. The van der Waals surface area contributed by atoms with Crippen LogP contribution in [0.1, 0.15) is 87.5 Å². The minimum absolute atomic E-state index is 0.526. The van der Waals surface area contributed by atoms with Crippen molar-refractivity contribution in [1.82, 2.24) is 0 Å². The monoisotopic (exact) mass is 214 g/mol. The first-order valence-electron chi connectivity index (χ1n) is 6.74. The van der Waals surface area contributed by atoms with Crippen LogP contribution in [0.5, 0.6) is 0 Å². The van der Waals surface area contributed by atoms with E-state index in [2.05, 4.69) is 55.4 Å². The Morgan fingerprint density at radius 3 is 1.40 bits per heavy atom. The third-order valence-corrected chi connectivity index (χ3v) is 2.84. The van der Waals surface area contributed by atoms with Gasteiger partial charge in [-0.25, -0.2) is 0 Å². The van der Waals surface area contributed by atoms with Crippen molar-refractivity contribution in [1.29, 1.82) is 0 Å². The highest BCUT2D eigenvalue weighted by Gasteiger charge is 2.26. The van der Waals surface area contributed by atoms with Gasteiger partial charge in [-0.2, -0.15) is 0 Å². The maximum Gasteiger partial charge on any atom is -0.0349 e. The average molecular weight is 214 g/mol. The van der Waals surface area contributed by atoms with Crippen LogP contribution < -0.4 is 0 Å². The maximum atomic E-state index is 2.40. The molecule has 0 fully saturated rings. The lowest BCUT2D eigenvalue weighted by molar-refractivity contribution is 0.176. The Labute approximate surface area is 98.9 Å². The molecule has 0 aromatic carbocycles. The van der Waals surface area contributed by atoms with E-state index in [4.69, 9.17) is 0 Å². The smallest absolute Gasteiger partial charge is 0.0349 e. The van der Waals surface area contributed by atoms with Gasteiger partial charge in [-0.3, -0.25) is 0 Å². The predicted octanol–water partition coefficient (Wildman–Crippen LogP) is 6.06. The summed E-state index contributed by atoms with van der Waals surface area (Å²) in [4.78, 5) is 0. The van der Waals surface area contributed by atoms with Crippen molar-refractivity contribution in [3.63, 3.8) is 0 Å². The molecule has 0 unspecified atom stereocenters. The van der Waals surface area contributed by atoms with Gasteiger partial charge < -0.3 is 0 Å². The van der Waals surface area contributed by atoms with Crippen LogP contribution in [0.15, 0.2) is 0 Å². The van der Waals surface area contributed by atoms with E-state index in [1.54, 1.807) is 0 Å². The molecule has 94 valence electrons. The summed E-state index contributed by atoms with van der Waals surface area (Å²) in [6.45, 7) is 18.4. The lowest BCUT2D eigenvalue weighted by Gasteiger charge is -2.34. The van der Waals surface area contributed by atoms with E-state index in [9.17, 15) is 0 Å². The molecule has 0 saturated carbocycles. The molecule has 0 amide bonds. The van der Waals surface area contributed by atoms with Crippen LogP contribution in [0, 0.1) is 10.8 Å². The van der Waals surface area contributed by atoms with Crippen molar-refractivity contribution in [2.24, 2.45) is 10.8 Å². The molecular weight excluding hydrogens is 180 g/mol. The van der Waals surface area contributed by atoms with Gasteiger partial charge in [0.1, 0.15) is 0 Å². The van der Waals surface area contributed by atoms with E-state index in [0.717, 1.165) is 0 Å². The minimum atomic E-state index is 0.526. The molecule has 0 aromatic heterocycles. The zero-order chi connectivity index (χ0) is 12.5. The molecule has 15 heavy (non-hydrogen) atoms. The predicted molar refractivity (Wildman–Crippen MR) is 73.3 cm³/mol. The summed E-state index contributed by atoms with van der Waals surface area (Å²) < 4.78 is 0. The van der Waals surface area contributed by atoms with Crippen molar-refractivity contribution in [2.75, 3.05) is 0 Å². The normalized spacial score (nSPS) is 12.0. The molecule has 0 aliphatic rings. The average Bonchev–Trinajstić information content (AvgIpc) is 2.03. The second-order valence-corrected chi connectivity index (χ2v) is 6.32. The molecule has 0 nitrogen and oxygen atoms in total. The molecule has 0 heterocycles. The van der Waals surface area contributed by atoms with Crippen molar-refractivity contribution in [3.05, 3.63) is 0 Å². The zero-order valence-corrected chi connectivity index (χ0v) is 12.5. The van der Waals surface area contributed by atoms with Gasteiger partial charge in [-0.05, 0) is 23.7 Å². The first kappa shape index (κ1) is 17.4. The summed E-state index contributed by atoms with van der Waals surface area (Å²) in [7, 11) is 0. The third kappa shape index (κ3) is 11.9. The van der Waals surface area contributed by atoms with Crippen molar-refractivity contribution >= 4 is 0 Å². The van der Waals surface area contributed by atoms with E-state index >= 15 is 0 Å². The van der Waals surface area contributed by atoms with Crippen LogP contribution in [-0.4, -0.2) is 0 Å². The van der Waals surface area contributed by atoms with Crippen LogP contribution in [0.3, 0.4) is 0 Å². The van der Waals surface area contributed by atoms with E-state index in [1.807, 2.05) is 0 Å². The fourth-order valence-electron chi connectivity index (χ4n) is 2.19. The molecule has 0 spiro atoms. The molecule has 0 bridgehead atoms. The maximum absolute atomic E-state index is 2.40. The van der Waals surface area contributed by atoms with Crippen LogP contribution in [0.25, 0.3) is 0 Å². The Kier molecular flexibility index (Phi) is 9.49. The molecule has 0 aromatic rings. The molecule has 0 aliphatic carbocycles. The number of hydrogen-bond acceptors (Lipinski definition) is 0. The van der Waals surface area contributed by atoms with Gasteiger partial charge in [0.25, 0.3) is 0 Å². The SMILES string of the molecule is CCC.CCCC(C)(C)CC(C)(C)CC. The highest BCUT2D eigenvalue weighted by atomic mass is 14.3. The molecule has 0 N–H and O–H groups in total. The van der Waals surface area contributed by atoms with E-state index in [0.29, 0.717) is 10.8 Å². The summed E-state index contributed by atoms with van der Waals surface area (Å²) in [6.07, 6.45) is 6.56. The van der Waals surface area contributed by atoms with Crippen molar-refractivity contribution in [2.45, 2.75) is 87.5 Å². The fourth-order valence-corrected chi connectivity index (χ4v) is 2.19. The lowest BCUT2D eigenvalue weighted by Crippen LogP contribution is -2.22. The van der Waals surface area contributed by atoms with Crippen molar-refractivity contribution in [3.8, 4) is 0 Å². The van der Waals surface area contributed by atoms with E-state index in [1.165, 1.54) is 32.1 Å². The Morgan fingerprint density at radius 2 is 1.13 bits per heavy atom. The van der Waals surface area contributed by atoms with Crippen LogP contribution in [0.4, 0.5) is 0 Å². The highest BCUT2D eigenvalue weighted by Crippen LogP contribution is 2.38. The van der Waals surface area contributed by atoms with Crippen LogP contribution >= 0.6 is 0 Å². The molecule has 0 rings (SSSR count). The van der Waals surface area contributed by atoms with Gasteiger partial charge in [0.2, 0.25) is 0 Å². The second kappa shape index (κ2) is 8.19. The van der Waals surface area contributed by atoms with Gasteiger partial charge in [-0.15, -0.1) is 0 Å². The van der Waals surface area contributed by atoms with Gasteiger partial charge in [-0.1, -0.05) is 74.7 Å². The molecule has 0 heteroatoms. The van der Waals surface area contributed by atoms with Gasteiger partial charge in [0.15, 0.2) is 0 Å². The zero-order valence-electron chi connectivity index (χ0n) is 12.5. The molecule has 0 saturated heterocycles. The topological polar surface area (TPSA) is 0 Å². The standard InChI is InChI=1S/C12H26.C3H8/c1-7-9-12(5,6)10-11(3,4)8-2;1-3-2/h7-10H2,1-6H3;3H2,1-2H3. The third-order valence-electron chi connectivity index (χ3n) is 2.84. The van der Waals surface area contributed by atoms with Crippen molar-refractivity contribution < 1.29 is 0 Å². The summed E-state index contributed by atoms with van der Waals surface area (Å²) in [6, 6.07) is 0. The Balaban J connectivity index is 0. The summed E-state index contributed by atoms with van der Waals surface area (Å²) in [5.74, 6) is 0. The molecule has 0 atom stereocenters. The molecule has 0 aliphatic heterocycles. The summed E-state index contributed by atoms with van der Waals surface area (Å²) in [5.41, 5.74) is 1.06. The lowest BCUT2D eigenvalue weighted by atomic mass is 9.72. The minimum Gasteiger partial charge on any atom is -0.0656 e.